The van der Waals surface area contributed by atoms with E-state index >= 15 is 0 Å². The number of nitrogens with zero attached hydrogens (tertiary/aromatic N) is 1. The molecule has 21 heavy (non-hydrogen) atoms. The minimum Gasteiger partial charge on any atom is -0.327 e. The first-order valence-corrected chi connectivity index (χ1v) is 8.49. The highest BCUT2D eigenvalue weighted by atomic mass is 32.2. The fourth-order valence-corrected chi connectivity index (χ4v) is 3.38. The number of anilines is 1. The van der Waals surface area contributed by atoms with Gasteiger partial charge in [0, 0.05) is 32.6 Å². The molecule has 1 amide bonds. The molecule has 2 rings (SSSR count). The molecule has 1 aliphatic rings. The molecule has 0 aliphatic carbocycles. The van der Waals surface area contributed by atoms with Gasteiger partial charge in [0.2, 0.25) is 10.0 Å². The Labute approximate surface area is 125 Å². The number of hydrogen-bond acceptors (Lipinski definition) is 3. The van der Waals surface area contributed by atoms with Crippen LogP contribution < -0.4 is 10.2 Å². The number of likely N-dealkylation sites (tertiary alicyclic amines) is 1. The molecule has 1 saturated heterocycles. The number of amides is 1. The topological polar surface area (TPSA) is 70.9 Å². The molecule has 0 unspecified atom stereocenters. The van der Waals surface area contributed by atoms with Gasteiger partial charge in [-0.05, 0) is 18.2 Å². The molecule has 0 saturated carbocycles. The zero-order chi connectivity index (χ0) is 15.5. The summed E-state index contributed by atoms with van der Waals surface area (Å²) in [6.45, 7) is 2.50. The maximum atomic E-state index is 12.1. The first-order chi connectivity index (χ1) is 9.89. The minimum atomic E-state index is -3.48. The molecule has 1 heterocycles. The molecule has 0 aromatic heterocycles. The van der Waals surface area contributed by atoms with E-state index in [0.717, 1.165) is 17.4 Å². The van der Waals surface area contributed by atoms with Gasteiger partial charge < -0.3 is 10.2 Å². The Morgan fingerprint density at radius 2 is 1.95 bits per heavy atom. The second-order valence-corrected chi connectivity index (χ2v) is 7.65. The summed E-state index contributed by atoms with van der Waals surface area (Å²) in [5.74, 6) is -0.0775. The van der Waals surface area contributed by atoms with Crippen LogP contribution in [-0.4, -0.2) is 52.4 Å². The van der Waals surface area contributed by atoms with Crippen LogP contribution in [0.1, 0.15) is 12.8 Å². The van der Waals surface area contributed by atoms with E-state index in [0.29, 0.717) is 12.2 Å². The van der Waals surface area contributed by atoms with Crippen LogP contribution in [0.4, 0.5) is 5.69 Å². The van der Waals surface area contributed by atoms with Gasteiger partial charge in [-0.25, -0.2) is 12.7 Å². The number of nitrogens with one attached hydrogen (secondary N) is 2. The van der Waals surface area contributed by atoms with Gasteiger partial charge in [-0.2, -0.15) is 0 Å². The molecule has 1 aromatic carbocycles. The van der Waals surface area contributed by atoms with Crippen molar-refractivity contribution in [2.45, 2.75) is 17.7 Å². The predicted molar refractivity (Wildman–Crippen MR) is 80.7 cm³/mol. The van der Waals surface area contributed by atoms with Crippen LogP contribution in [-0.2, 0) is 14.8 Å². The third-order valence-electron chi connectivity index (χ3n) is 3.62. The molecule has 1 aliphatic heterocycles. The van der Waals surface area contributed by atoms with Crippen molar-refractivity contribution in [1.29, 1.82) is 0 Å². The van der Waals surface area contributed by atoms with Gasteiger partial charge in [0.1, 0.15) is 0 Å². The fraction of sp³-hybridized carbons (Fsp3) is 0.500. The Bertz CT molecular complexity index is 608. The van der Waals surface area contributed by atoms with Crippen molar-refractivity contribution >= 4 is 21.6 Å². The molecule has 1 aromatic rings. The van der Waals surface area contributed by atoms with Crippen LogP contribution in [0.15, 0.2) is 29.2 Å². The third kappa shape index (κ3) is 4.03. The van der Waals surface area contributed by atoms with Crippen molar-refractivity contribution in [3.63, 3.8) is 0 Å². The van der Waals surface area contributed by atoms with Crippen LogP contribution in [0.2, 0.25) is 0 Å². The maximum Gasteiger partial charge on any atom is 0.279 e. The first kappa shape index (κ1) is 15.9. The lowest BCUT2D eigenvalue weighted by molar-refractivity contribution is -0.878. The van der Waals surface area contributed by atoms with E-state index in [4.69, 9.17) is 0 Å². The Balaban J connectivity index is 2.05. The highest BCUT2D eigenvalue weighted by molar-refractivity contribution is 7.89. The van der Waals surface area contributed by atoms with E-state index in [-0.39, 0.29) is 10.8 Å². The number of hydrogen-bond donors (Lipinski definition) is 2. The van der Waals surface area contributed by atoms with E-state index in [1.807, 2.05) is 0 Å². The fourth-order valence-electron chi connectivity index (χ4n) is 2.43. The molecule has 7 heteroatoms. The van der Waals surface area contributed by atoms with Crippen LogP contribution in [0.5, 0.6) is 0 Å². The van der Waals surface area contributed by atoms with Gasteiger partial charge in [-0.1, -0.05) is 6.07 Å². The van der Waals surface area contributed by atoms with Crippen LogP contribution >= 0.6 is 0 Å². The summed E-state index contributed by atoms with van der Waals surface area (Å²) >= 11 is 0. The monoisotopic (exact) mass is 312 g/mol. The van der Waals surface area contributed by atoms with Crippen molar-refractivity contribution in [3.05, 3.63) is 24.3 Å². The highest BCUT2D eigenvalue weighted by Gasteiger charge is 2.20. The van der Waals surface area contributed by atoms with E-state index in [1.165, 1.54) is 44.0 Å². The molecule has 6 nitrogen and oxygen atoms in total. The zero-order valence-corrected chi connectivity index (χ0v) is 13.2. The SMILES string of the molecule is CN(C)S(=O)(=O)c1cccc(NC(=O)C[NH+]2CCCC2)c1. The van der Waals surface area contributed by atoms with Gasteiger partial charge in [0.15, 0.2) is 6.54 Å². The third-order valence-corrected chi connectivity index (χ3v) is 5.43. The number of carbonyl (C=O) groups is 1. The summed E-state index contributed by atoms with van der Waals surface area (Å²) in [7, 11) is -0.514. The smallest absolute Gasteiger partial charge is 0.279 e. The van der Waals surface area contributed by atoms with Crippen LogP contribution in [0, 0.1) is 0 Å². The van der Waals surface area contributed by atoms with Crippen molar-refractivity contribution in [2.24, 2.45) is 0 Å². The van der Waals surface area contributed by atoms with Crippen LogP contribution in [0.3, 0.4) is 0 Å². The average molecular weight is 312 g/mol. The van der Waals surface area contributed by atoms with Gasteiger partial charge in [-0.15, -0.1) is 0 Å². The van der Waals surface area contributed by atoms with Crippen molar-refractivity contribution < 1.29 is 18.1 Å². The second-order valence-electron chi connectivity index (χ2n) is 5.50. The number of benzene rings is 1. The van der Waals surface area contributed by atoms with E-state index in [2.05, 4.69) is 5.32 Å². The summed E-state index contributed by atoms with van der Waals surface area (Å²) in [4.78, 5) is 13.4. The van der Waals surface area contributed by atoms with E-state index in [9.17, 15) is 13.2 Å². The maximum absolute atomic E-state index is 12.1. The first-order valence-electron chi connectivity index (χ1n) is 7.05. The largest absolute Gasteiger partial charge is 0.327 e. The minimum absolute atomic E-state index is 0.0775. The standard InChI is InChI=1S/C14H21N3O3S/c1-16(2)21(19,20)13-7-5-6-12(10-13)15-14(18)11-17-8-3-4-9-17/h5-7,10H,3-4,8-9,11H2,1-2H3,(H,15,18)/p+1. The van der Waals surface area contributed by atoms with Crippen molar-refractivity contribution in [3.8, 4) is 0 Å². The van der Waals surface area contributed by atoms with Crippen molar-refractivity contribution in [2.75, 3.05) is 39.0 Å². The van der Waals surface area contributed by atoms with Crippen LogP contribution in [0.25, 0.3) is 0 Å². The number of quaternary nitrogens is 1. The quantitative estimate of drug-likeness (QED) is 0.774. The summed E-state index contributed by atoms with van der Waals surface area (Å²) in [6, 6.07) is 6.35. The molecule has 0 atom stereocenters. The lowest BCUT2D eigenvalue weighted by Crippen LogP contribution is -3.11. The summed E-state index contributed by atoms with van der Waals surface area (Å²) in [5, 5.41) is 2.78. The van der Waals surface area contributed by atoms with Gasteiger partial charge >= 0.3 is 0 Å². The molecule has 0 bridgehead atoms. The normalized spacial score (nSPS) is 16.3. The summed E-state index contributed by atoms with van der Waals surface area (Å²) < 4.78 is 25.3. The Hall–Kier alpha value is -1.44. The summed E-state index contributed by atoms with van der Waals surface area (Å²) in [5.41, 5.74) is 0.515. The van der Waals surface area contributed by atoms with Crippen molar-refractivity contribution in [1.82, 2.24) is 4.31 Å². The Morgan fingerprint density at radius 3 is 2.57 bits per heavy atom. The predicted octanol–water partition coefficient (Wildman–Crippen LogP) is -0.446. The lowest BCUT2D eigenvalue weighted by atomic mass is 10.3. The molecule has 116 valence electrons. The molecular formula is C14H22N3O3S+. The molecule has 2 N–H and O–H groups in total. The Morgan fingerprint density at radius 1 is 1.29 bits per heavy atom. The lowest BCUT2D eigenvalue weighted by Gasteiger charge is -2.14. The zero-order valence-electron chi connectivity index (χ0n) is 12.4. The van der Waals surface area contributed by atoms with Gasteiger partial charge in [-0.3, -0.25) is 4.79 Å². The van der Waals surface area contributed by atoms with Gasteiger partial charge in [0.05, 0.1) is 18.0 Å². The number of rotatable bonds is 5. The Kier molecular flexibility index (Phi) is 4.97. The second kappa shape index (κ2) is 6.55. The highest BCUT2D eigenvalue weighted by Crippen LogP contribution is 2.17. The summed E-state index contributed by atoms with van der Waals surface area (Å²) in [6.07, 6.45) is 2.33. The van der Waals surface area contributed by atoms with E-state index < -0.39 is 10.0 Å². The molecular weight excluding hydrogens is 290 g/mol. The van der Waals surface area contributed by atoms with E-state index in [1.54, 1.807) is 12.1 Å². The number of sulfonamides is 1. The molecule has 1 fully saturated rings. The van der Waals surface area contributed by atoms with Gasteiger partial charge in [0.25, 0.3) is 5.91 Å². The average Bonchev–Trinajstić information content (AvgIpc) is 2.91. The number of carbonyl (C=O) groups excluding carboxylic acids is 1. The molecule has 0 spiro atoms. The molecule has 0 radical (unpaired) electrons.